The fraction of sp³-hybridized carbons (Fsp3) is 0.500. The van der Waals surface area contributed by atoms with Gasteiger partial charge in [-0.15, -0.1) is 0 Å². The van der Waals surface area contributed by atoms with Gasteiger partial charge in [-0.1, -0.05) is 24.3 Å². The molecule has 27 nitrogen and oxygen atoms in total. The van der Waals surface area contributed by atoms with Gasteiger partial charge in [-0.3, -0.25) is 33.6 Å². The van der Waals surface area contributed by atoms with Gasteiger partial charge in [0.05, 0.1) is 70.5 Å². The van der Waals surface area contributed by atoms with Crippen molar-refractivity contribution >= 4 is 53.7 Å². The maximum atomic E-state index is 14.6. The average molecular weight is 1190 g/mol. The molecule has 3 aromatic carbocycles. The molecule has 3 aliphatic rings. The van der Waals surface area contributed by atoms with Crippen molar-refractivity contribution in [2.75, 3.05) is 60.3 Å². The lowest BCUT2D eigenvalue weighted by Crippen LogP contribution is -2.64. The van der Waals surface area contributed by atoms with E-state index in [-0.39, 0.29) is 91.0 Å². The van der Waals surface area contributed by atoms with Crippen molar-refractivity contribution in [2.45, 2.75) is 128 Å². The lowest BCUT2D eigenvalue weighted by Gasteiger charge is -2.43. The monoisotopic (exact) mass is 1190 g/mol. The minimum absolute atomic E-state index is 0.0338. The summed E-state index contributed by atoms with van der Waals surface area (Å²) in [6, 6.07) is 12.1. The first-order chi connectivity index (χ1) is 40.4. The Morgan fingerprint density at radius 1 is 0.776 bits per heavy atom. The summed E-state index contributed by atoms with van der Waals surface area (Å²) in [5.41, 5.74) is 2.15. The number of aliphatic hydroxyl groups is 1. The van der Waals surface area contributed by atoms with Crippen LogP contribution in [0.15, 0.2) is 66.7 Å². The van der Waals surface area contributed by atoms with Crippen LogP contribution < -0.4 is 29.7 Å². The molecule has 85 heavy (non-hydrogen) atoms. The van der Waals surface area contributed by atoms with Crippen molar-refractivity contribution in [3.05, 3.63) is 94.6 Å². The molecule has 2 saturated heterocycles. The Hall–Kier alpha value is -8.53. The number of hydrogen-bond acceptors (Lipinski definition) is 23. The van der Waals surface area contributed by atoms with Gasteiger partial charge in [0, 0.05) is 39.4 Å². The summed E-state index contributed by atoms with van der Waals surface area (Å²) in [5.74, 6) is -8.31. The normalized spacial score (nSPS) is 20.7. The Labute approximate surface area is 489 Å². The number of esters is 5. The van der Waals surface area contributed by atoms with E-state index in [4.69, 9.17) is 61.7 Å². The number of rotatable bonds is 27. The van der Waals surface area contributed by atoms with Gasteiger partial charge in [0.25, 0.3) is 11.8 Å². The Morgan fingerprint density at radius 3 is 2.14 bits per heavy atom. The molecule has 2 unspecified atom stereocenters. The number of benzene rings is 3. The zero-order valence-electron chi connectivity index (χ0n) is 48.3. The number of nitrogens with one attached hydrogen (secondary N) is 2. The van der Waals surface area contributed by atoms with E-state index < -0.39 is 115 Å². The summed E-state index contributed by atoms with van der Waals surface area (Å²) in [6.07, 6.45) is -9.33. The number of carbonyl (C=O) groups is 9. The number of carbonyl (C=O) groups excluding carboxylic acids is 8. The fourth-order valence-electron chi connectivity index (χ4n) is 9.38. The molecule has 27 heteroatoms. The van der Waals surface area contributed by atoms with Crippen LogP contribution in [0.2, 0.25) is 0 Å². The van der Waals surface area contributed by atoms with E-state index in [1.165, 1.54) is 54.5 Å². The molecule has 3 amide bonds. The molecule has 0 saturated carbocycles. The topological polar surface area (TPSA) is 341 Å². The van der Waals surface area contributed by atoms with Crippen LogP contribution >= 0.6 is 0 Å². The summed E-state index contributed by atoms with van der Waals surface area (Å²) in [6.45, 7) is 11.8. The molecule has 0 aromatic heterocycles. The van der Waals surface area contributed by atoms with Gasteiger partial charge in [-0.2, -0.15) is 5.48 Å². The molecule has 6 rings (SSSR count). The third kappa shape index (κ3) is 18.2. The average Bonchev–Trinajstić information content (AvgIpc) is 2.17. The van der Waals surface area contributed by atoms with Crippen LogP contribution in [0.25, 0.3) is 0 Å². The smallest absolute Gasteiger partial charge is 0.431 e. The molecule has 8 atom stereocenters. The summed E-state index contributed by atoms with van der Waals surface area (Å²) in [7, 11) is 2.40. The molecule has 4 N–H and O–H groups in total. The molecule has 0 radical (unpaired) electrons. The second-order valence-electron chi connectivity index (χ2n) is 20.7. The van der Waals surface area contributed by atoms with E-state index in [0.29, 0.717) is 37.2 Å². The lowest BCUT2D eigenvalue weighted by atomic mass is 9.86. The van der Waals surface area contributed by atoms with Crippen LogP contribution in [0.4, 0.5) is 4.79 Å². The second kappa shape index (κ2) is 30.3. The number of nitrogens with zero attached hydrogens (tertiary/aromatic N) is 1. The fourth-order valence-corrected chi connectivity index (χ4v) is 9.38. The van der Waals surface area contributed by atoms with Crippen molar-refractivity contribution < 1.29 is 115 Å². The Balaban J connectivity index is 1.25. The first-order valence-corrected chi connectivity index (χ1v) is 27.0. The summed E-state index contributed by atoms with van der Waals surface area (Å²) in [4.78, 5) is 124. The van der Waals surface area contributed by atoms with Gasteiger partial charge in [0.1, 0.15) is 29.6 Å². The third-order valence-electron chi connectivity index (χ3n) is 13.0. The Kier molecular flexibility index (Phi) is 23.4. The number of carboxylic acid groups (broad SMARTS) is 1. The van der Waals surface area contributed by atoms with Crippen LogP contribution in [-0.4, -0.2) is 178 Å². The van der Waals surface area contributed by atoms with E-state index in [2.05, 4.69) is 17.4 Å². The molecule has 0 bridgehead atoms. The van der Waals surface area contributed by atoms with E-state index in [1.54, 1.807) is 32.9 Å². The van der Waals surface area contributed by atoms with E-state index in [1.807, 2.05) is 0 Å². The molecule has 2 fully saturated rings. The number of aliphatic hydroxyl groups excluding tert-OH is 1. The minimum Gasteiger partial charge on any atom is -0.494 e. The zero-order chi connectivity index (χ0) is 62.1. The van der Waals surface area contributed by atoms with Gasteiger partial charge in [-0.05, 0) is 100 Å². The summed E-state index contributed by atoms with van der Waals surface area (Å²) >= 11 is 0. The number of methoxy groups -OCH3 is 2. The number of unbranched alkanes of at least 4 members (excludes halogenated alkanes) is 2. The third-order valence-corrected chi connectivity index (χ3v) is 13.0. The number of carboxylic acids is 1. The SMILES string of the molecule is C=C1C[C@H]2C(O)C(C(=O)OCc3ccc(O[C@@H]4O[C@H](C(=O)OC)[C@@H](OC(C)=O)[C@H](OC(C)=O)[C@H]4OC(C)=O)c(C(=O)NCCOCCONC(=O)OC(C)(C)C)c3)c3cc(OCCCCCOc4cccc(C(=O)O)c4)c(OC)cc3C(=O)N2C1. The Morgan fingerprint density at radius 2 is 1.47 bits per heavy atom. The lowest BCUT2D eigenvalue weighted by molar-refractivity contribution is -0.282. The highest BCUT2D eigenvalue weighted by molar-refractivity contribution is 6.00. The maximum Gasteiger partial charge on any atom is 0.431 e. The first kappa shape index (κ1) is 65.6. The highest BCUT2D eigenvalue weighted by Gasteiger charge is 2.56. The number of fused-ring (bicyclic) bond motifs is 2. The standard InChI is InChI=1S/C58H71N3O24/c1-31-24-41-46(65)45(38-27-44(43(73-8)28-39(38)52(67)61(41)29-31)77-20-12-10-11-19-76-37-15-13-14-36(26-37)53(68)69)54(70)78-30-35-16-17-42(40(25-35)51(66)59-18-21-75-22-23-79-60-57(72)85-58(5,6)7)83-56-50(82-34(4)64)48(81-33(3)63)47(80-32(2)62)49(84-56)55(71)74-9/h13-17,25-28,41,45-50,56,65H,1,10-12,18-24,29-30H2,2-9H3,(H,59,66)(H,60,72)(H,68,69)/t41-,45?,46?,47-,48-,49-,50+,56+/m0/s1. The Bertz CT molecular complexity index is 2940. The number of hydrogen-bond donors (Lipinski definition) is 4. The molecular weight excluding hydrogens is 1120 g/mol. The van der Waals surface area contributed by atoms with Crippen molar-refractivity contribution in [2.24, 2.45) is 0 Å². The van der Waals surface area contributed by atoms with Crippen molar-refractivity contribution in [1.82, 2.24) is 15.7 Å². The highest BCUT2D eigenvalue weighted by Crippen LogP contribution is 2.43. The molecule has 3 aliphatic heterocycles. The van der Waals surface area contributed by atoms with Crippen molar-refractivity contribution in [3.63, 3.8) is 0 Å². The largest absolute Gasteiger partial charge is 0.494 e. The van der Waals surface area contributed by atoms with Gasteiger partial charge < -0.3 is 77.3 Å². The van der Waals surface area contributed by atoms with Gasteiger partial charge in [0.15, 0.2) is 29.8 Å². The van der Waals surface area contributed by atoms with Crippen LogP contribution in [0.1, 0.15) is 115 Å². The zero-order valence-corrected chi connectivity index (χ0v) is 48.3. The van der Waals surface area contributed by atoms with E-state index >= 15 is 0 Å². The molecule has 0 aliphatic carbocycles. The first-order valence-electron chi connectivity index (χ1n) is 27.0. The van der Waals surface area contributed by atoms with Gasteiger partial charge in [-0.25, -0.2) is 14.4 Å². The number of amides is 3. The predicted molar refractivity (Wildman–Crippen MR) is 291 cm³/mol. The van der Waals surface area contributed by atoms with Crippen LogP contribution in [0.5, 0.6) is 23.0 Å². The summed E-state index contributed by atoms with van der Waals surface area (Å²) < 4.78 is 67.6. The molecule has 3 heterocycles. The quantitative estimate of drug-likeness (QED) is 0.0272. The van der Waals surface area contributed by atoms with Crippen LogP contribution in [-0.2, 0) is 73.3 Å². The second-order valence-corrected chi connectivity index (χ2v) is 20.7. The molecule has 462 valence electrons. The van der Waals surface area contributed by atoms with Crippen LogP contribution in [0.3, 0.4) is 0 Å². The molecule has 0 spiro atoms. The number of ether oxygens (including phenoxy) is 12. The maximum absolute atomic E-state index is 14.6. The minimum atomic E-state index is -1.88. The van der Waals surface area contributed by atoms with E-state index in [0.717, 1.165) is 27.9 Å². The van der Waals surface area contributed by atoms with Crippen molar-refractivity contribution in [1.29, 1.82) is 0 Å². The summed E-state index contributed by atoms with van der Waals surface area (Å²) in [5, 5.41) is 24.1. The molecule has 3 aromatic rings. The van der Waals surface area contributed by atoms with Crippen LogP contribution in [0, 0.1) is 0 Å². The number of aromatic carboxylic acids is 1. The van der Waals surface area contributed by atoms with Gasteiger partial charge >= 0.3 is 41.9 Å². The molecular formula is C58H71N3O24. The number of hydroxylamine groups is 1. The van der Waals surface area contributed by atoms with E-state index in [9.17, 15) is 53.4 Å². The highest BCUT2D eigenvalue weighted by atomic mass is 16.7. The predicted octanol–water partition coefficient (Wildman–Crippen LogP) is 4.27. The van der Waals surface area contributed by atoms with Gasteiger partial charge in [0.2, 0.25) is 12.4 Å². The van der Waals surface area contributed by atoms with Crippen molar-refractivity contribution in [3.8, 4) is 23.0 Å².